The minimum Gasteiger partial charge on any atom is -0.390 e. The van der Waals surface area contributed by atoms with E-state index < -0.39 is 6.10 Å². The summed E-state index contributed by atoms with van der Waals surface area (Å²) in [5.74, 6) is -0.0909. The van der Waals surface area contributed by atoms with Gasteiger partial charge in [0.25, 0.3) is 5.91 Å². The van der Waals surface area contributed by atoms with E-state index in [0.717, 1.165) is 63.1 Å². The summed E-state index contributed by atoms with van der Waals surface area (Å²) >= 11 is 0. The van der Waals surface area contributed by atoms with E-state index in [1.807, 2.05) is 0 Å². The number of hydrogen-bond donors (Lipinski definition) is 2. The van der Waals surface area contributed by atoms with Crippen LogP contribution in [0.4, 0.5) is 0 Å². The van der Waals surface area contributed by atoms with Crippen LogP contribution in [0.15, 0.2) is 0 Å². The molecular formula is C17H29N5O2. The lowest BCUT2D eigenvalue weighted by atomic mass is 9.95. The maximum absolute atomic E-state index is 12.7. The van der Waals surface area contributed by atoms with Crippen LogP contribution in [0.25, 0.3) is 0 Å². The monoisotopic (exact) mass is 335 g/mol. The topological polar surface area (TPSA) is 75.7 Å². The number of amides is 1. The first-order valence-electron chi connectivity index (χ1n) is 8.95. The van der Waals surface area contributed by atoms with Gasteiger partial charge in [-0.2, -0.15) is 5.10 Å². The standard InChI is InChI=1S/C17H29N5O2/c1-20-7-9-22(10-8-20)12-13(23)11-21(2)17(24)16-14-5-3-4-6-15(14)18-19-16/h13,23H,3-12H2,1-2H3,(H,18,19). The quantitative estimate of drug-likeness (QED) is 0.790. The van der Waals surface area contributed by atoms with E-state index in [0.29, 0.717) is 18.8 Å². The molecule has 0 spiro atoms. The van der Waals surface area contributed by atoms with E-state index in [-0.39, 0.29) is 5.91 Å². The fourth-order valence-corrected chi connectivity index (χ4v) is 3.62. The number of hydrogen-bond acceptors (Lipinski definition) is 5. The van der Waals surface area contributed by atoms with Crippen LogP contribution in [0.5, 0.6) is 0 Å². The number of nitrogens with zero attached hydrogens (tertiary/aromatic N) is 4. The highest BCUT2D eigenvalue weighted by molar-refractivity contribution is 5.93. The Labute approximate surface area is 143 Å². The number of likely N-dealkylation sites (N-methyl/N-ethyl adjacent to an activating group) is 2. The number of carbonyl (C=O) groups excluding carboxylic acids is 1. The first-order valence-corrected chi connectivity index (χ1v) is 8.95. The second kappa shape index (κ2) is 7.63. The molecule has 2 heterocycles. The zero-order valence-corrected chi connectivity index (χ0v) is 14.8. The Morgan fingerprint density at radius 3 is 2.75 bits per heavy atom. The smallest absolute Gasteiger partial charge is 0.274 e. The molecule has 1 amide bonds. The zero-order valence-electron chi connectivity index (χ0n) is 14.8. The van der Waals surface area contributed by atoms with Gasteiger partial charge in [0, 0.05) is 57.6 Å². The molecule has 2 N–H and O–H groups in total. The Morgan fingerprint density at radius 2 is 2.00 bits per heavy atom. The number of fused-ring (bicyclic) bond motifs is 1. The molecule has 7 heteroatoms. The average Bonchev–Trinajstić information content (AvgIpc) is 3.00. The maximum Gasteiger partial charge on any atom is 0.274 e. The molecule has 134 valence electrons. The molecule has 3 rings (SSSR count). The molecular weight excluding hydrogens is 306 g/mol. The lowest BCUT2D eigenvalue weighted by Crippen LogP contribution is -2.49. The summed E-state index contributed by atoms with van der Waals surface area (Å²) in [6, 6.07) is 0. The van der Waals surface area contributed by atoms with Crippen LogP contribution in [0.1, 0.15) is 34.6 Å². The highest BCUT2D eigenvalue weighted by Gasteiger charge is 2.25. The number of aromatic nitrogens is 2. The van der Waals surface area contributed by atoms with E-state index in [2.05, 4.69) is 27.0 Å². The number of nitrogens with one attached hydrogen (secondary N) is 1. The fourth-order valence-electron chi connectivity index (χ4n) is 3.62. The number of aryl methyl sites for hydroxylation is 1. The molecule has 0 radical (unpaired) electrons. The van der Waals surface area contributed by atoms with Crippen molar-refractivity contribution in [3.63, 3.8) is 0 Å². The minimum absolute atomic E-state index is 0.0909. The average molecular weight is 335 g/mol. The first-order chi connectivity index (χ1) is 11.5. The molecule has 24 heavy (non-hydrogen) atoms. The molecule has 1 aliphatic heterocycles. The minimum atomic E-state index is -0.530. The van der Waals surface area contributed by atoms with Gasteiger partial charge in [0.15, 0.2) is 5.69 Å². The number of carbonyl (C=O) groups is 1. The number of aliphatic hydroxyl groups is 1. The van der Waals surface area contributed by atoms with Gasteiger partial charge in [-0.05, 0) is 32.7 Å². The summed E-state index contributed by atoms with van der Waals surface area (Å²) in [6.45, 7) is 4.95. The van der Waals surface area contributed by atoms with Crippen molar-refractivity contribution in [2.45, 2.75) is 31.8 Å². The summed E-state index contributed by atoms with van der Waals surface area (Å²) in [7, 11) is 3.87. The SMILES string of the molecule is CN1CCN(CC(O)CN(C)C(=O)c2n[nH]c3c2CCCC3)CC1. The summed E-state index contributed by atoms with van der Waals surface area (Å²) in [6.07, 6.45) is 3.64. The van der Waals surface area contributed by atoms with Gasteiger partial charge in [-0.15, -0.1) is 0 Å². The van der Waals surface area contributed by atoms with Gasteiger partial charge < -0.3 is 14.9 Å². The van der Waals surface area contributed by atoms with Crippen LogP contribution >= 0.6 is 0 Å². The van der Waals surface area contributed by atoms with Gasteiger partial charge in [0.05, 0.1) is 6.10 Å². The predicted molar refractivity (Wildman–Crippen MR) is 92.1 cm³/mol. The zero-order chi connectivity index (χ0) is 17.1. The number of rotatable bonds is 5. The fraction of sp³-hybridized carbons (Fsp3) is 0.765. The van der Waals surface area contributed by atoms with Crippen molar-refractivity contribution in [2.24, 2.45) is 0 Å². The Hall–Kier alpha value is -1.44. The van der Waals surface area contributed by atoms with Crippen molar-refractivity contribution in [3.05, 3.63) is 17.0 Å². The molecule has 0 aromatic carbocycles. The number of β-amino-alcohol motifs (C(OH)–C–C–N with tert-alkyl or cyclic N) is 1. The van der Waals surface area contributed by atoms with E-state index in [4.69, 9.17) is 0 Å². The van der Waals surface area contributed by atoms with Crippen molar-refractivity contribution >= 4 is 5.91 Å². The molecule has 0 saturated carbocycles. The Kier molecular flexibility index (Phi) is 5.53. The van der Waals surface area contributed by atoms with Crippen molar-refractivity contribution in [2.75, 3.05) is 53.4 Å². The van der Waals surface area contributed by atoms with Crippen LogP contribution in [-0.2, 0) is 12.8 Å². The maximum atomic E-state index is 12.7. The second-order valence-corrected chi connectivity index (χ2v) is 7.18. The van der Waals surface area contributed by atoms with E-state index >= 15 is 0 Å². The normalized spacial score (nSPS) is 20.6. The van der Waals surface area contributed by atoms with E-state index in [1.54, 1.807) is 11.9 Å². The van der Waals surface area contributed by atoms with Gasteiger partial charge in [-0.3, -0.25) is 14.8 Å². The van der Waals surface area contributed by atoms with Crippen LogP contribution in [0.3, 0.4) is 0 Å². The molecule has 1 saturated heterocycles. The molecule has 0 bridgehead atoms. The summed E-state index contributed by atoms with van der Waals surface area (Å²) < 4.78 is 0. The molecule has 1 atom stereocenters. The van der Waals surface area contributed by atoms with Gasteiger partial charge in [-0.1, -0.05) is 0 Å². The van der Waals surface area contributed by atoms with Crippen LogP contribution in [-0.4, -0.2) is 95.4 Å². The highest BCUT2D eigenvalue weighted by Crippen LogP contribution is 2.22. The third-order valence-electron chi connectivity index (χ3n) is 5.16. The molecule has 1 aromatic rings. The van der Waals surface area contributed by atoms with E-state index in [1.165, 1.54) is 0 Å². The molecule has 7 nitrogen and oxygen atoms in total. The van der Waals surface area contributed by atoms with Crippen molar-refractivity contribution < 1.29 is 9.90 Å². The largest absolute Gasteiger partial charge is 0.390 e. The first kappa shape index (κ1) is 17.4. The van der Waals surface area contributed by atoms with Gasteiger partial charge in [-0.25, -0.2) is 0 Å². The number of piperazine rings is 1. The lowest BCUT2D eigenvalue weighted by molar-refractivity contribution is 0.0498. The van der Waals surface area contributed by atoms with E-state index in [9.17, 15) is 9.90 Å². The molecule has 1 unspecified atom stereocenters. The van der Waals surface area contributed by atoms with Crippen molar-refractivity contribution in [1.82, 2.24) is 24.9 Å². The van der Waals surface area contributed by atoms with Gasteiger partial charge in [0.1, 0.15) is 0 Å². The Morgan fingerprint density at radius 1 is 1.29 bits per heavy atom. The molecule has 1 aromatic heterocycles. The number of aliphatic hydroxyl groups excluding tert-OH is 1. The Bertz CT molecular complexity index is 565. The van der Waals surface area contributed by atoms with Crippen LogP contribution in [0.2, 0.25) is 0 Å². The highest BCUT2D eigenvalue weighted by atomic mass is 16.3. The van der Waals surface area contributed by atoms with Crippen LogP contribution < -0.4 is 0 Å². The third-order valence-corrected chi connectivity index (χ3v) is 5.16. The lowest BCUT2D eigenvalue weighted by Gasteiger charge is -2.34. The molecule has 1 aliphatic carbocycles. The summed E-state index contributed by atoms with van der Waals surface area (Å²) in [5, 5.41) is 17.6. The van der Waals surface area contributed by atoms with Gasteiger partial charge >= 0.3 is 0 Å². The molecule has 1 fully saturated rings. The Balaban J connectivity index is 1.53. The number of H-pyrrole nitrogens is 1. The van der Waals surface area contributed by atoms with Crippen LogP contribution in [0, 0.1) is 0 Å². The summed E-state index contributed by atoms with van der Waals surface area (Å²) in [5.41, 5.74) is 2.72. The molecule has 2 aliphatic rings. The summed E-state index contributed by atoms with van der Waals surface area (Å²) in [4.78, 5) is 18.8. The number of aromatic amines is 1. The van der Waals surface area contributed by atoms with Crippen molar-refractivity contribution in [3.8, 4) is 0 Å². The van der Waals surface area contributed by atoms with Gasteiger partial charge in [0.2, 0.25) is 0 Å². The van der Waals surface area contributed by atoms with Crippen molar-refractivity contribution in [1.29, 1.82) is 0 Å². The third kappa shape index (κ3) is 3.96. The predicted octanol–water partition coefficient (Wildman–Crippen LogP) is -0.0312. The second-order valence-electron chi connectivity index (χ2n) is 7.18.